The van der Waals surface area contributed by atoms with Crippen molar-refractivity contribution in [3.8, 4) is 5.75 Å². The number of aromatic hydroxyl groups is 1. The van der Waals surface area contributed by atoms with Crippen molar-refractivity contribution >= 4 is 63.6 Å². The monoisotopic (exact) mass is 501 g/mol. The molecular formula is C23H14Cl2FN3O3S. The number of azo groups is 1. The van der Waals surface area contributed by atoms with E-state index in [0.29, 0.717) is 28.2 Å². The molecule has 0 aliphatic carbocycles. The van der Waals surface area contributed by atoms with Gasteiger partial charge in [0.1, 0.15) is 17.3 Å². The summed E-state index contributed by atoms with van der Waals surface area (Å²) in [4.78, 5) is 26.2. The van der Waals surface area contributed by atoms with Crippen LogP contribution in [0.3, 0.4) is 0 Å². The van der Waals surface area contributed by atoms with Crippen molar-refractivity contribution in [2.75, 3.05) is 0 Å². The molecule has 0 saturated carbocycles. The molecule has 1 saturated heterocycles. The van der Waals surface area contributed by atoms with Gasteiger partial charge in [0.25, 0.3) is 11.1 Å². The van der Waals surface area contributed by atoms with E-state index in [2.05, 4.69) is 10.2 Å². The molecule has 6 nitrogen and oxygen atoms in total. The van der Waals surface area contributed by atoms with Gasteiger partial charge in [-0.05, 0) is 60.3 Å². The van der Waals surface area contributed by atoms with E-state index < -0.39 is 17.0 Å². The first-order valence-corrected chi connectivity index (χ1v) is 11.1. The Hall–Kier alpha value is -3.20. The van der Waals surface area contributed by atoms with E-state index in [1.54, 1.807) is 30.3 Å². The second kappa shape index (κ2) is 9.74. The third-order valence-corrected chi connectivity index (χ3v) is 6.26. The molecule has 1 aliphatic rings. The summed E-state index contributed by atoms with van der Waals surface area (Å²) in [5.74, 6) is -1.35. The van der Waals surface area contributed by atoms with Gasteiger partial charge in [-0.1, -0.05) is 41.4 Å². The van der Waals surface area contributed by atoms with Crippen molar-refractivity contribution in [3.05, 3.63) is 92.6 Å². The highest BCUT2D eigenvalue weighted by Crippen LogP contribution is 2.37. The molecule has 3 aromatic rings. The molecule has 3 aromatic carbocycles. The van der Waals surface area contributed by atoms with E-state index in [1.807, 2.05) is 0 Å². The highest BCUT2D eigenvalue weighted by molar-refractivity contribution is 8.18. The van der Waals surface area contributed by atoms with Crippen molar-refractivity contribution < 1.29 is 19.1 Å². The fraction of sp³-hybridized carbons (Fsp3) is 0.0435. The highest BCUT2D eigenvalue weighted by Gasteiger charge is 2.36. The van der Waals surface area contributed by atoms with Gasteiger partial charge in [0.2, 0.25) is 0 Å². The Morgan fingerprint density at radius 2 is 1.76 bits per heavy atom. The normalized spacial score (nSPS) is 15.2. The summed E-state index contributed by atoms with van der Waals surface area (Å²) < 4.78 is 14.1. The second-order valence-electron chi connectivity index (χ2n) is 6.86. The average Bonchev–Trinajstić information content (AvgIpc) is 3.05. The first-order valence-electron chi connectivity index (χ1n) is 9.51. The maximum Gasteiger partial charge on any atom is 0.293 e. The van der Waals surface area contributed by atoms with Crippen LogP contribution in [0.2, 0.25) is 10.0 Å². The number of phenolic OH excluding ortho intramolecular Hbond substituents is 1. The average molecular weight is 502 g/mol. The van der Waals surface area contributed by atoms with E-state index in [0.717, 1.165) is 4.90 Å². The fourth-order valence-electron chi connectivity index (χ4n) is 2.98. The Bertz CT molecular complexity index is 1310. The third kappa shape index (κ3) is 5.08. The molecule has 0 unspecified atom stereocenters. The zero-order chi connectivity index (χ0) is 23.5. The maximum atomic E-state index is 14.1. The van der Waals surface area contributed by atoms with Crippen LogP contribution in [0.15, 0.2) is 75.8 Å². The molecule has 10 heteroatoms. The highest BCUT2D eigenvalue weighted by atomic mass is 35.5. The summed E-state index contributed by atoms with van der Waals surface area (Å²) in [6, 6.07) is 15.5. The fourth-order valence-corrected chi connectivity index (χ4v) is 4.21. The standard InChI is InChI=1S/C23H14Cl2FN3O3S/c24-16-5-3-6-18(26)15(16)12-29-22(31)21(33-23(29)32)11-13-10-14(8-9-20(13)30)27-28-19-7-2-1-4-17(19)25/h1-11,30H,12H2/b21-11-,28-27?. The van der Waals surface area contributed by atoms with Gasteiger partial charge in [-0.2, -0.15) is 5.11 Å². The van der Waals surface area contributed by atoms with E-state index in [9.17, 15) is 19.1 Å². The lowest BCUT2D eigenvalue weighted by Gasteiger charge is -2.14. The van der Waals surface area contributed by atoms with E-state index in [1.165, 1.54) is 36.4 Å². The minimum absolute atomic E-state index is 0.0487. The SMILES string of the molecule is O=C1S/C(=C\c2cc(N=Nc3ccccc3Cl)ccc2O)C(=O)N1Cc1c(F)cccc1Cl. The topological polar surface area (TPSA) is 82.3 Å². The molecule has 1 N–H and O–H groups in total. The van der Waals surface area contributed by atoms with Gasteiger partial charge in [0.15, 0.2) is 0 Å². The Kier molecular flexibility index (Phi) is 6.78. The van der Waals surface area contributed by atoms with Crippen LogP contribution < -0.4 is 0 Å². The summed E-state index contributed by atoms with van der Waals surface area (Å²) in [5, 5.41) is 18.4. The second-order valence-corrected chi connectivity index (χ2v) is 8.67. The van der Waals surface area contributed by atoms with E-state index >= 15 is 0 Å². The Morgan fingerprint density at radius 3 is 2.52 bits per heavy atom. The van der Waals surface area contributed by atoms with Crippen molar-refractivity contribution in [1.82, 2.24) is 4.90 Å². The molecule has 0 bridgehead atoms. The number of nitrogens with zero attached hydrogens (tertiary/aromatic N) is 3. The van der Waals surface area contributed by atoms with Crippen LogP contribution in [0.5, 0.6) is 5.75 Å². The van der Waals surface area contributed by atoms with Gasteiger partial charge in [-0.3, -0.25) is 14.5 Å². The van der Waals surface area contributed by atoms with Crippen LogP contribution in [0.25, 0.3) is 6.08 Å². The molecule has 33 heavy (non-hydrogen) atoms. The first kappa shape index (κ1) is 23.0. The lowest BCUT2D eigenvalue weighted by molar-refractivity contribution is -0.123. The van der Waals surface area contributed by atoms with E-state index in [4.69, 9.17) is 23.2 Å². The number of phenols is 1. The Morgan fingerprint density at radius 1 is 1.00 bits per heavy atom. The molecule has 2 amide bonds. The van der Waals surface area contributed by atoms with Gasteiger partial charge in [-0.25, -0.2) is 4.39 Å². The zero-order valence-electron chi connectivity index (χ0n) is 16.7. The number of hydrogen-bond donors (Lipinski definition) is 1. The van der Waals surface area contributed by atoms with Crippen molar-refractivity contribution in [1.29, 1.82) is 0 Å². The number of benzene rings is 3. The number of carbonyl (C=O) groups is 2. The third-order valence-electron chi connectivity index (χ3n) is 4.67. The lowest BCUT2D eigenvalue weighted by Crippen LogP contribution is -2.28. The summed E-state index contributed by atoms with van der Waals surface area (Å²) in [6.07, 6.45) is 1.37. The predicted octanol–water partition coefficient (Wildman–Crippen LogP) is 7.49. The first-order chi connectivity index (χ1) is 15.8. The number of imide groups is 1. The summed E-state index contributed by atoms with van der Waals surface area (Å²) in [7, 11) is 0. The molecule has 0 spiro atoms. The van der Waals surface area contributed by atoms with Gasteiger partial charge < -0.3 is 5.11 Å². The van der Waals surface area contributed by atoms with Crippen molar-refractivity contribution in [2.45, 2.75) is 6.54 Å². The smallest absolute Gasteiger partial charge is 0.293 e. The minimum Gasteiger partial charge on any atom is -0.507 e. The number of halogens is 3. The molecule has 0 radical (unpaired) electrons. The molecule has 4 rings (SSSR count). The summed E-state index contributed by atoms with van der Waals surface area (Å²) >= 11 is 12.8. The van der Waals surface area contributed by atoms with Gasteiger partial charge in [0.05, 0.1) is 22.2 Å². The summed E-state index contributed by atoms with van der Waals surface area (Å²) in [6.45, 7) is -0.300. The van der Waals surface area contributed by atoms with Crippen LogP contribution in [0.4, 0.5) is 20.6 Å². The number of carbonyl (C=O) groups excluding carboxylic acids is 2. The lowest BCUT2D eigenvalue weighted by atomic mass is 10.1. The molecule has 1 heterocycles. The number of hydrogen-bond acceptors (Lipinski definition) is 6. The predicted molar refractivity (Wildman–Crippen MR) is 127 cm³/mol. The Balaban J connectivity index is 1.59. The van der Waals surface area contributed by atoms with Gasteiger partial charge >= 0.3 is 0 Å². The molecule has 0 aromatic heterocycles. The summed E-state index contributed by atoms with van der Waals surface area (Å²) in [5.41, 5.74) is 1.19. The number of thioether (sulfide) groups is 1. The molecular weight excluding hydrogens is 488 g/mol. The van der Waals surface area contributed by atoms with E-state index in [-0.39, 0.29) is 33.3 Å². The maximum absolute atomic E-state index is 14.1. The Labute approximate surface area is 202 Å². The molecule has 0 atom stereocenters. The van der Waals surface area contributed by atoms with Crippen LogP contribution in [-0.2, 0) is 11.3 Å². The largest absolute Gasteiger partial charge is 0.507 e. The molecule has 1 aliphatic heterocycles. The van der Waals surface area contributed by atoms with Crippen LogP contribution in [0.1, 0.15) is 11.1 Å². The minimum atomic E-state index is -0.619. The van der Waals surface area contributed by atoms with Crippen molar-refractivity contribution in [3.63, 3.8) is 0 Å². The van der Waals surface area contributed by atoms with Gasteiger partial charge in [0, 0.05) is 16.1 Å². The number of amides is 2. The van der Waals surface area contributed by atoms with Crippen molar-refractivity contribution in [2.24, 2.45) is 10.2 Å². The number of rotatable bonds is 5. The van der Waals surface area contributed by atoms with Crippen LogP contribution in [-0.4, -0.2) is 21.2 Å². The molecule has 166 valence electrons. The van der Waals surface area contributed by atoms with Crippen LogP contribution in [0, 0.1) is 5.82 Å². The quantitative estimate of drug-likeness (QED) is 0.290. The zero-order valence-corrected chi connectivity index (χ0v) is 19.0. The van der Waals surface area contributed by atoms with Crippen LogP contribution >= 0.6 is 35.0 Å². The van der Waals surface area contributed by atoms with Gasteiger partial charge in [-0.15, -0.1) is 5.11 Å². The molecule has 1 fully saturated rings.